The molecule has 0 saturated heterocycles. The SMILES string of the molecule is CC1(C)CCC(C)(C)c2cc(CCCCCN)ccc21. The molecule has 0 radical (unpaired) electrons. The van der Waals surface area contributed by atoms with E-state index in [1.54, 1.807) is 11.1 Å². The number of aryl methyl sites for hydroxylation is 1. The average molecular weight is 273 g/mol. The fourth-order valence-electron chi connectivity index (χ4n) is 3.44. The molecule has 0 spiro atoms. The largest absolute Gasteiger partial charge is 0.330 e. The predicted molar refractivity (Wildman–Crippen MR) is 88.3 cm³/mol. The van der Waals surface area contributed by atoms with E-state index in [-0.39, 0.29) is 0 Å². The summed E-state index contributed by atoms with van der Waals surface area (Å²) in [5, 5.41) is 0. The van der Waals surface area contributed by atoms with Crippen molar-refractivity contribution in [2.24, 2.45) is 5.73 Å². The van der Waals surface area contributed by atoms with Gasteiger partial charge in [0.25, 0.3) is 0 Å². The number of nitrogens with two attached hydrogens (primary N) is 1. The zero-order valence-corrected chi connectivity index (χ0v) is 13.8. The molecule has 0 atom stereocenters. The van der Waals surface area contributed by atoms with E-state index < -0.39 is 0 Å². The highest BCUT2D eigenvalue weighted by atomic mass is 14.5. The Hall–Kier alpha value is -0.820. The maximum absolute atomic E-state index is 5.56. The van der Waals surface area contributed by atoms with Gasteiger partial charge in [0, 0.05) is 0 Å². The predicted octanol–water partition coefficient (Wildman–Crippen LogP) is 4.71. The summed E-state index contributed by atoms with van der Waals surface area (Å²) in [4.78, 5) is 0. The number of unbranched alkanes of at least 4 members (excludes halogenated alkanes) is 2. The van der Waals surface area contributed by atoms with Gasteiger partial charge >= 0.3 is 0 Å². The molecule has 1 aliphatic carbocycles. The monoisotopic (exact) mass is 273 g/mol. The van der Waals surface area contributed by atoms with Gasteiger partial charge in [-0.05, 0) is 66.2 Å². The maximum Gasteiger partial charge on any atom is -0.00773 e. The van der Waals surface area contributed by atoms with Gasteiger partial charge in [0.05, 0.1) is 0 Å². The molecule has 0 aliphatic heterocycles. The summed E-state index contributed by atoms with van der Waals surface area (Å²) in [5.41, 5.74) is 10.9. The Kier molecular flexibility index (Phi) is 4.59. The number of benzene rings is 1. The highest BCUT2D eigenvalue weighted by molar-refractivity contribution is 5.43. The minimum atomic E-state index is 0.331. The summed E-state index contributed by atoms with van der Waals surface area (Å²) in [6.07, 6.45) is 7.46. The van der Waals surface area contributed by atoms with Crippen molar-refractivity contribution in [3.05, 3.63) is 34.9 Å². The third-order valence-corrected chi connectivity index (χ3v) is 5.09. The van der Waals surface area contributed by atoms with Gasteiger partial charge in [0.15, 0.2) is 0 Å². The molecule has 112 valence electrons. The van der Waals surface area contributed by atoms with Crippen molar-refractivity contribution in [1.82, 2.24) is 0 Å². The lowest BCUT2D eigenvalue weighted by atomic mass is 9.63. The first-order valence-electron chi connectivity index (χ1n) is 8.21. The van der Waals surface area contributed by atoms with Gasteiger partial charge in [0.2, 0.25) is 0 Å². The highest BCUT2D eigenvalue weighted by Gasteiger charge is 2.36. The first-order valence-corrected chi connectivity index (χ1v) is 8.21. The van der Waals surface area contributed by atoms with Crippen LogP contribution in [0.3, 0.4) is 0 Å². The van der Waals surface area contributed by atoms with Crippen molar-refractivity contribution < 1.29 is 0 Å². The Bertz CT molecular complexity index is 457. The summed E-state index contributed by atoms with van der Waals surface area (Å²) < 4.78 is 0. The molecule has 0 saturated carbocycles. The third kappa shape index (κ3) is 3.25. The molecule has 0 aromatic heterocycles. The summed E-state index contributed by atoms with van der Waals surface area (Å²) in [6, 6.07) is 7.23. The Morgan fingerprint density at radius 1 is 0.900 bits per heavy atom. The Labute approximate surface area is 125 Å². The zero-order chi connectivity index (χ0) is 14.8. The minimum Gasteiger partial charge on any atom is -0.330 e. The van der Waals surface area contributed by atoms with Crippen LogP contribution < -0.4 is 5.73 Å². The summed E-state index contributed by atoms with van der Waals surface area (Å²) in [5.74, 6) is 0. The number of rotatable bonds is 5. The first kappa shape index (κ1) is 15.6. The van der Waals surface area contributed by atoms with E-state index in [4.69, 9.17) is 5.73 Å². The van der Waals surface area contributed by atoms with E-state index in [2.05, 4.69) is 45.9 Å². The van der Waals surface area contributed by atoms with Crippen molar-refractivity contribution in [2.75, 3.05) is 6.54 Å². The van der Waals surface area contributed by atoms with Crippen molar-refractivity contribution in [3.8, 4) is 0 Å². The van der Waals surface area contributed by atoms with E-state index in [0.717, 1.165) is 13.0 Å². The fraction of sp³-hybridized carbons (Fsp3) is 0.684. The van der Waals surface area contributed by atoms with Crippen LogP contribution in [-0.2, 0) is 17.3 Å². The molecular weight excluding hydrogens is 242 g/mol. The second-order valence-electron chi connectivity index (χ2n) is 7.75. The van der Waals surface area contributed by atoms with Crippen LogP contribution in [0.2, 0.25) is 0 Å². The summed E-state index contributed by atoms with van der Waals surface area (Å²) in [6.45, 7) is 10.4. The van der Waals surface area contributed by atoms with E-state index in [1.165, 1.54) is 37.7 Å². The van der Waals surface area contributed by atoms with E-state index >= 15 is 0 Å². The molecule has 1 nitrogen and oxygen atoms in total. The van der Waals surface area contributed by atoms with Crippen molar-refractivity contribution in [1.29, 1.82) is 0 Å². The third-order valence-electron chi connectivity index (χ3n) is 5.09. The lowest BCUT2D eigenvalue weighted by Gasteiger charge is -2.42. The highest BCUT2D eigenvalue weighted by Crippen LogP contribution is 2.45. The molecule has 0 bridgehead atoms. The molecule has 1 heteroatoms. The molecule has 1 aromatic rings. The topological polar surface area (TPSA) is 26.0 Å². The van der Waals surface area contributed by atoms with Crippen molar-refractivity contribution in [3.63, 3.8) is 0 Å². The number of fused-ring (bicyclic) bond motifs is 1. The molecule has 0 amide bonds. The van der Waals surface area contributed by atoms with Crippen LogP contribution in [0.4, 0.5) is 0 Å². The maximum atomic E-state index is 5.56. The quantitative estimate of drug-likeness (QED) is 0.773. The zero-order valence-electron chi connectivity index (χ0n) is 13.8. The average Bonchev–Trinajstić information content (AvgIpc) is 2.40. The van der Waals surface area contributed by atoms with Crippen LogP contribution in [0.15, 0.2) is 18.2 Å². The van der Waals surface area contributed by atoms with E-state index in [1.807, 2.05) is 0 Å². The molecule has 0 fully saturated rings. The normalized spacial score (nSPS) is 19.6. The van der Waals surface area contributed by atoms with Gasteiger partial charge < -0.3 is 5.73 Å². The lowest BCUT2D eigenvalue weighted by Crippen LogP contribution is -2.33. The van der Waals surface area contributed by atoms with Crippen LogP contribution >= 0.6 is 0 Å². The molecular formula is C19H31N. The van der Waals surface area contributed by atoms with Crippen molar-refractivity contribution in [2.45, 2.75) is 77.0 Å². The molecule has 0 unspecified atom stereocenters. The smallest absolute Gasteiger partial charge is 0.00773 e. The van der Waals surface area contributed by atoms with Gasteiger partial charge in [-0.1, -0.05) is 52.3 Å². The lowest BCUT2D eigenvalue weighted by molar-refractivity contribution is 0.331. The Balaban J connectivity index is 2.20. The second kappa shape index (κ2) is 5.89. The van der Waals surface area contributed by atoms with E-state index in [0.29, 0.717) is 10.8 Å². The molecule has 2 rings (SSSR count). The molecule has 2 N–H and O–H groups in total. The fourth-order valence-corrected chi connectivity index (χ4v) is 3.44. The van der Waals surface area contributed by atoms with Crippen molar-refractivity contribution >= 4 is 0 Å². The Morgan fingerprint density at radius 2 is 1.55 bits per heavy atom. The molecule has 1 aromatic carbocycles. The van der Waals surface area contributed by atoms with Crippen LogP contribution in [0.25, 0.3) is 0 Å². The molecule has 1 aliphatic rings. The van der Waals surface area contributed by atoms with Crippen LogP contribution in [0.5, 0.6) is 0 Å². The van der Waals surface area contributed by atoms with Gasteiger partial charge in [-0.2, -0.15) is 0 Å². The standard InChI is InChI=1S/C19H31N/c1-18(2)11-12-19(3,4)17-14-15(9-10-16(17)18)8-6-5-7-13-20/h9-10,14H,5-8,11-13,20H2,1-4H3. The number of hydrogen-bond acceptors (Lipinski definition) is 1. The van der Waals surface area contributed by atoms with Gasteiger partial charge in [-0.15, -0.1) is 0 Å². The van der Waals surface area contributed by atoms with Crippen LogP contribution in [-0.4, -0.2) is 6.54 Å². The van der Waals surface area contributed by atoms with Crippen LogP contribution in [0, 0.1) is 0 Å². The molecule has 20 heavy (non-hydrogen) atoms. The van der Waals surface area contributed by atoms with Gasteiger partial charge in [-0.25, -0.2) is 0 Å². The first-order chi connectivity index (χ1) is 9.37. The van der Waals surface area contributed by atoms with Gasteiger partial charge in [-0.3, -0.25) is 0 Å². The van der Waals surface area contributed by atoms with E-state index in [9.17, 15) is 0 Å². The summed E-state index contributed by atoms with van der Waals surface area (Å²) >= 11 is 0. The van der Waals surface area contributed by atoms with Gasteiger partial charge in [0.1, 0.15) is 0 Å². The second-order valence-corrected chi connectivity index (χ2v) is 7.75. The molecule has 0 heterocycles. The number of hydrogen-bond donors (Lipinski definition) is 1. The van der Waals surface area contributed by atoms with Crippen LogP contribution in [0.1, 0.15) is 76.5 Å². The summed E-state index contributed by atoms with van der Waals surface area (Å²) in [7, 11) is 0. The minimum absolute atomic E-state index is 0.331. The Morgan fingerprint density at radius 3 is 2.20 bits per heavy atom.